The van der Waals surface area contributed by atoms with Gasteiger partial charge in [-0.2, -0.15) is 0 Å². The van der Waals surface area contributed by atoms with Gasteiger partial charge in [0.05, 0.1) is 0 Å². The molecular formula is C18H22N2O3S2. The van der Waals surface area contributed by atoms with Gasteiger partial charge in [0.25, 0.3) is 0 Å². The number of likely N-dealkylation sites (tertiary alicyclic amines) is 1. The van der Waals surface area contributed by atoms with Crippen molar-refractivity contribution in [1.82, 2.24) is 9.62 Å². The molecule has 7 heteroatoms. The van der Waals surface area contributed by atoms with E-state index in [0.717, 1.165) is 11.3 Å². The molecule has 2 aromatic rings. The average Bonchev–Trinajstić information content (AvgIpc) is 3.18. The van der Waals surface area contributed by atoms with Crippen LogP contribution in [0.2, 0.25) is 0 Å². The summed E-state index contributed by atoms with van der Waals surface area (Å²) in [6.07, 6.45) is 1.22. The number of thiophene rings is 1. The molecule has 1 aromatic heterocycles. The highest BCUT2D eigenvalue weighted by Crippen LogP contribution is 2.22. The maximum atomic E-state index is 12.3. The number of hydrogen-bond donors (Lipinski definition) is 1. The third-order valence-electron chi connectivity index (χ3n) is 4.35. The molecule has 0 bridgehead atoms. The first kappa shape index (κ1) is 18.1. The van der Waals surface area contributed by atoms with Gasteiger partial charge < -0.3 is 4.90 Å². The Balaban J connectivity index is 1.51. The first-order valence-corrected chi connectivity index (χ1v) is 10.6. The lowest BCUT2D eigenvalue weighted by molar-refractivity contribution is -0.127. The van der Waals surface area contributed by atoms with Crippen LogP contribution >= 0.6 is 11.3 Å². The Hall–Kier alpha value is -1.70. The Bertz CT molecular complexity index is 831. The van der Waals surface area contributed by atoms with E-state index >= 15 is 0 Å². The van der Waals surface area contributed by atoms with Crippen LogP contribution in [0.1, 0.15) is 16.9 Å². The highest BCUT2D eigenvalue weighted by Gasteiger charge is 2.30. The smallest absolute Gasteiger partial charge is 0.250 e. The van der Waals surface area contributed by atoms with Crippen LogP contribution in [0.4, 0.5) is 0 Å². The van der Waals surface area contributed by atoms with Gasteiger partial charge in [0, 0.05) is 30.9 Å². The first-order chi connectivity index (χ1) is 11.9. The summed E-state index contributed by atoms with van der Waals surface area (Å²) in [5.41, 5.74) is 1.20. The van der Waals surface area contributed by atoms with E-state index < -0.39 is 10.0 Å². The predicted molar refractivity (Wildman–Crippen MR) is 99.1 cm³/mol. The Morgan fingerprint density at radius 3 is 2.64 bits per heavy atom. The zero-order valence-electron chi connectivity index (χ0n) is 14.1. The van der Waals surface area contributed by atoms with Gasteiger partial charge >= 0.3 is 0 Å². The summed E-state index contributed by atoms with van der Waals surface area (Å²) < 4.78 is 27.5. The van der Waals surface area contributed by atoms with Crippen molar-refractivity contribution < 1.29 is 13.2 Å². The fourth-order valence-electron chi connectivity index (χ4n) is 2.97. The molecule has 134 valence electrons. The van der Waals surface area contributed by atoms with Crippen molar-refractivity contribution in [3.05, 3.63) is 52.9 Å². The summed E-state index contributed by atoms with van der Waals surface area (Å²) >= 11 is 1.26. The molecule has 3 rings (SSSR count). The van der Waals surface area contributed by atoms with Gasteiger partial charge in [-0.1, -0.05) is 30.3 Å². The van der Waals surface area contributed by atoms with Gasteiger partial charge in [-0.25, -0.2) is 13.1 Å². The van der Waals surface area contributed by atoms with Gasteiger partial charge in [-0.3, -0.25) is 4.79 Å². The number of nitrogens with one attached hydrogen (secondary N) is 1. The fraction of sp³-hybridized carbons (Fsp3) is 0.389. The topological polar surface area (TPSA) is 66.5 Å². The Labute approximate surface area is 152 Å². The predicted octanol–water partition coefficient (Wildman–Crippen LogP) is 2.43. The van der Waals surface area contributed by atoms with Crippen molar-refractivity contribution in [2.24, 2.45) is 5.92 Å². The standard InChI is InChI=1S/C18H22N2O3S2/c1-14-7-8-18(24-14)25(22,23)19-12-16-11-17(21)20(13-16)10-9-15-5-3-2-4-6-15/h2-8,16,19H,9-13H2,1H3. The van der Waals surface area contributed by atoms with Gasteiger partial charge in [0.15, 0.2) is 0 Å². The fourth-order valence-corrected chi connectivity index (χ4v) is 5.41. The molecule has 0 saturated carbocycles. The van der Waals surface area contributed by atoms with Crippen LogP contribution < -0.4 is 4.72 Å². The lowest BCUT2D eigenvalue weighted by Crippen LogP contribution is -2.31. The molecular weight excluding hydrogens is 356 g/mol. The zero-order chi connectivity index (χ0) is 17.9. The van der Waals surface area contributed by atoms with Crippen LogP contribution in [0.5, 0.6) is 0 Å². The SMILES string of the molecule is Cc1ccc(S(=O)(=O)NCC2CC(=O)N(CCc3ccccc3)C2)s1. The Kier molecular flexibility index (Phi) is 5.56. The van der Waals surface area contributed by atoms with E-state index in [-0.39, 0.29) is 11.8 Å². The number of rotatable bonds is 7. The summed E-state index contributed by atoms with van der Waals surface area (Å²) in [7, 11) is -3.48. The minimum Gasteiger partial charge on any atom is -0.342 e. The third-order valence-corrected chi connectivity index (χ3v) is 7.27. The molecule has 1 atom stereocenters. The van der Waals surface area contributed by atoms with Gasteiger partial charge in [0.1, 0.15) is 4.21 Å². The van der Waals surface area contributed by atoms with Crippen molar-refractivity contribution in [2.45, 2.75) is 24.0 Å². The second-order valence-corrected chi connectivity index (χ2v) is 9.64. The molecule has 1 aromatic carbocycles. The molecule has 1 aliphatic rings. The Morgan fingerprint density at radius 1 is 1.20 bits per heavy atom. The number of hydrogen-bond acceptors (Lipinski definition) is 4. The largest absolute Gasteiger partial charge is 0.342 e. The summed E-state index contributed by atoms with van der Waals surface area (Å²) in [5.74, 6) is 0.131. The molecule has 0 spiro atoms. The number of amides is 1. The maximum Gasteiger partial charge on any atom is 0.250 e. The normalized spacial score (nSPS) is 18.0. The highest BCUT2D eigenvalue weighted by molar-refractivity contribution is 7.91. The van der Waals surface area contributed by atoms with Crippen molar-refractivity contribution in [1.29, 1.82) is 0 Å². The third kappa shape index (κ3) is 4.68. The van der Waals surface area contributed by atoms with Gasteiger partial charge in [-0.15, -0.1) is 11.3 Å². The van der Waals surface area contributed by atoms with Crippen molar-refractivity contribution >= 4 is 27.3 Å². The van der Waals surface area contributed by atoms with E-state index in [1.165, 1.54) is 16.9 Å². The van der Waals surface area contributed by atoms with Crippen molar-refractivity contribution in [2.75, 3.05) is 19.6 Å². The molecule has 1 saturated heterocycles. The van der Waals surface area contributed by atoms with Crippen LogP contribution in [0.15, 0.2) is 46.7 Å². The summed E-state index contributed by atoms with van der Waals surface area (Å²) in [5, 5.41) is 0. The lowest BCUT2D eigenvalue weighted by Gasteiger charge is -2.16. The van der Waals surface area contributed by atoms with E-state index in [1.807, 2.05) is 30.0 Å². The maximum absolute atomic E-state index is 12.3. The second kappa shape index (κ2) is 7.68. The molecule has 1 unspecified atom stereocenters. The molecule has 1 N–H and O–H groups in total. The van der Waals surface area contributed by atoms with Crippen LogP contribution in [-0.2, 0) is 21.2 Å². The van der Waals surface area contributed by atoms with Crippen molar-refractivity contribution in [3.8, 4) is 0 Å². The summed E-state index contributed by atoms with van der Waals surface area (Å²) in [6.45, 7) is 3.46. The minimum atomic E-state index is -3.48. The molecule has 0 radical (unpaired) electrons. The molecule has 0 aliphatic carbocycles. The molecule has 1 fully saturated rings. The molecule has 1 aliphatic heterocycles. The highest BCUT2D eigenvalue weighted by atomic mass is 32.2. The van der Waals surface area contributed by atoms with E-state index in [1.54, 1.807) is 12.1 Å². The van der Waals surface area contributed by atoms with E-state index in [9.17, 15) is 13.2 Å². The van der Waals surface area contributed by atoms with E-state index in [4.69, 9.17) is 0 Å². The van der Waals surface area contributed by atoms with Crippen molar-refractivity contribution in [3.63, 3.8) is 0 Å². The van der Waals surface area contributed by atoms with Crippen LogP contribution in [0, 0.1) is 12.8 Å². The zero-order valence-corrected chi connectivity index (χ0v) is 15.8. The number of carbonyl (C=O) groups excluding carboxylic acids is 1. The van der Waals surface area contributed by atoms with Gasteiger partial charge in [0.2, 0.25) is 15.9 Å². The molecule has 1 amide bonds. The molecule has 2 heterocycles. The van der Waals surface area contributed by atoms with Gasteiger partial charge in [-0.05, 0) is 37.0 Å². The lowest BCUT2D eigenvalue weighted by atomic mass is 10.1. The number of aryl methyl sites for hydroxylation is 1. The number of carbonyl (C=O) groups is 1. The number of benzene rings is 1. The first-order valence-electron chi connectivity index (χ1n) is 8.32. The molecule has 25 heavy (non-hydrogen) atoms. The summed E-state index contributed by atoms with van der Waals surface area (Å²) in [6, 6.07) is 13.5. The monoisotopic (exact) mass is 378 g/mol. The summed E-state index contributed by atoms with van der Waals surface area (Å²) in [4.78, 5) is 15.0. The average molecular weight is 379 g/mol. The number of sulfonamides is 1. The van der Waals surface area contributed by atoms with E-state index in [0.29, 0.717) is 30.3 Å². The quantitative estimate of drug-likeness (QED) is 0.805. The molecule has 5 nitrogen and oxygen atoms in total. The Morgan fingerprint density at radius 2 is 1.96 bits per heavy atom. The minimum absolute atomic E-state index is 0.0270. The van der Waals surface area contributed by atoms with Crippen LogP contribution in [-0.4, -0.2) is 38.9 Å². The van der Waals surface area contributed by atoms with Crippen LogP contribution in [0.3, 0.4) is 0 Å². The van der Waals surface area contributed by atoms with E-state index in [2.05, 4.69) is 16.9 Å². The van der Waals surface area contributed by atoms with Crippen LogP contribution in [0.25, 0.3) is 0 Å². The second-order valence-electron chi connectivity index (χ2n) is 6.36. The number of nitrogens with zero attached hydrogens (tertiary/aromatic N) is 1.